The van der Waals surface area contributed by atoms with Crippen molar-refractivity contribution in [2.24, 2.45) is 17.6 Å². The Morgan fingerprint density at radius 1 is 1.15 bits per heavy atom. The van der Waals surface area contributed by atoms with E-state index in [0.29, 0.717) is 11.1 Å². The number of rotatable bonds is 2. The first kappa shape index (κ1) is 24.0. The molecule has 0 bridgehead atoms. The van der Waals surface area contributed by atoms with Crippen LogP contribution in [0.1, 0.15) is 43.9 Å². The fourth-order valence-electron chi connectivity index (χ4n) is 5.82. The number of hydrogen-bond acceptors (Lipinski definition) is 8. The van der Waals surface area contributed by atoms with Crippen LogP contribution in [0.4, 0.5) is 0 Å². The molecular formula is C25H30N2O7. The zero-order chi connectivity index (χ0) is 25.5. The Morgan fingerprint density at radius 3 is 2.29 bits per heavy atom. The number of primary amides is 1. The van der Waals surface area contributed by atoms with Gasteiger partial charge in [-0.1, -0.05) is 32.9 Å². The fourth-order valence-corrected chi connectivity index (χ4v) is 5.82. The summed E-state index contributed by atoms with van der Waals surface area (Å²) in [6.45, 7) is 5.70. The number of aliphatic hydroxyl groups excluding tert-OH is 2. The number of aromatic hydroxyl groups is 1. The highest BCUT2D eigenvalue weighted by Crippen LogP contribution is 2.53. The summed E-state index contributed by atoms with van der Waals surface area (Å²) in [5, 5.41) is 44.6. The van der Waals surface area contributed by atoms with Gasteiger partial charge in [-0.25, -0.2) is 0 Å². The number of phenols is 1. The third kappa shape index (κ3) is 3.03. The highest BCUT2D eigenvalue weighted by molar-refractivity contribution is 6.24. The number of amides is 1. The topological polar surface area (TPSA) is 161 Å². The molecule has 1 aromatic carbocycles. The maximum atomic E-state index is 13.8. The third-order valence-corrected chi connectivity index (χ3v) is 7.40. The molecule has 3 aliphatic carbocycles. The van der Waals surface area contributed by atoms with Gasteiger partial charge in [0.05, 0.1) is 11.6 Å². The van der Waals surface area contributed by atoms with Crippen molar-refractivity contribution in [3.8, 4) is 5.75 Å². The Hall–Kier alpha value is -3.17. The average molecular weight is 471 g/mol. The molecule has 1 aromatic rings. The molecule has 4 atom stereocenters. The number of hydrogen-bond donors (Lipinski definition) is 5. The lowest BCUT2D eigenvalue weighted by atomic mass is 9.57. The molecule has 6 N–H and O–H groups in total. The normalized spacial score (nSPS) is 29.2. The number of phenolic OH excluding ortho intramolecular Hbond substituents is 1. The largest absolute Gasteiger partial charge is 0.508 e. The number of nitrogens with zero attached hydrogens (tertiary/aromatic N) is 1. The van der Waals surface area contributed by atoms with E-state index in [2.05, 4.69) is 0 Å². The van der Waals surface area contributed by atoms with Crippen molar-refractivity contribution in [3.63, 3.8) is 0 Å². The first-order chi connectivity index (χ1) is 15.6. The fraction of sp³-hybridized carbons (Fsp3) is 0.480. The van der Waals surface area contributed by atoms with Crippen molar-refractivity contribution in [2.45, 2.75) is 50.7 Å². The van der Waals surface area contributed by atoms with Gasteiger partial charge in [0.15, 0.2) is 11.4 Å². The SMILES string of the molecule is CN(C)C1C(=O)C(C(N)=O)=C(O)C2(O)C(=O)C3=C(O)c4c(ccc(C(C)(C)C)c4O)CC3CC12. The molecule has 9 nitrogen and oxygen atoms in total. The first-order valence-corrected chi connectivity index (χ1v) is 11.1. The highest BCUT2D eigenvalue weighted by atomic mass is 16.3. The summed E-state index contributed by atoms with van der Waals surface area (Å²) in [6.07, 6.45) is 0.361. The van der Waals surface area contributed by atoms with Gasteiger partial charge in [-0.3, -0.25) is 19.3 Å². The van der Waals surface area contributed by atoms with Crippen LogP contribution in [-0.2, 0) is 26.2 Å². The van der Waals surface area contributed by atoms with E-state index in [-0.39, 0.29) is 29.7 Å². The Bertz CT molecular complexity index is 1200. The van der Waals surface area contributed by atoms with Crippen LogP contribution in [0.3, 0.4) is 0 Å². The van der Waals surface area contributed by atoms with Crippen molar-refractivity contribution in [1.29, 1.82) is 0 Å². The van der Waals surface area contributed by atoms with Crippen LogP contribution in [0.25, 0.3) is 5.76 Å². The smallest absolute Gasteiger partial charge is 0.255 e. The van der Waals surface area contributed by atoms with E-state index in [9.17, 15) is 34.8 Å². The quantitative estimate of drug-likeness (QED) is 0.404. The number of nitrogens with two attached hydrogens (primary N) is 1. The summed E-state index contributed by atoms with van der Waals surface area (Å²) in [6, 6.07) is 2.49. The molecule has 4 rings (SSSR count). The third-order valence-electron chi connectivity index (χ3n) is 7.40. The van der Waals surface area contributed by atoms with Gasteiger partial charge in [-0.2, -0.15) is 0 Å². The zero-order valence-electron chi connectivity index (χ0n) is 19.8. The van der Waals surface area contributed by atoms with Crippen molar-refractivity contribution >= 4 is 23.2 Å². The second kappa shape index (κ2) is 7.41. The molecule has 3 aliphatic rings. The number of likely N-dealkylation sites (N-methyl/N-ethyl adjacent to an activating group) is 1. The second-order valence-corrected chi connectivity index (χ2v) is 10.7. The van der Waals surface area contributed by atoms with Gasteiger partial charge in [-0.15, -0.1) is 0 Å². The summed E-state index contributed by atoms with van der Waals surface area (Å²) in [5.41, 5.74) is 2.62. The maximum Gasteiger partial charge on any atom is 0.255 e. The van der Waals surface area contributed by atoms with Gasteiger partial charge in [-0.05, 0) is 43.8 Å². The van der Waals surface area contributed by atoms with E-state index in [4.69, 9.17) is 5.73 Å². The van der Waals surface area contributed by atoms with Crippen LogP contribution in [0, 0.1) is 11.8 Å². The minimum atomic E-state index is -2.62. The van der Waals surface area contributed by atoms with Crippen LogP contribution in [0.2, 0.25) is 0 Å². The predicted octanol–water partition coefficient (Wildman–Crippen LogP) is 1.26. The maximum absolute atomic E-state index is 13.8. The van der Waals surface area contributed by atoms with E-state index in [1.54, 1.807) is 26.2 Å². The predicted molar refractivity (Wildman–Crippen MR) is 123 cm³/mol. The van der Waals surface area contributed by atoms with Crippen LogP contribution in [0.15, 0.2) is 29.0 Å². The summed E-state index contributed by atoms with van der Waals surface area (Å²) in [5.74, 6) is -6.38. The van der Waals surface area contributed by atoms with Crippen LogP contribution < -0.4 is 5.73 Å². The molecule has 34 heavy (non-hydrogen) atoms. The number of Topliss-reactive ketones (excluding diaryl/α,β-unsaturated/α-hetero) is 2. The molecule has 0 radical (unpaired) electrons. The van der Waals surface area contributed by atoms with E-state index in [0.717, 1.165) is 0 Å². The monoisotopic (exact) mass is 470 g/mol. The van der Waals surface area contributed by atoms with Gasteiger partial charge in [0, 0.05) is 17.1 Å². The molecule has 0 spiro atoms. The highest BCUT2D eigenvalue weighted by Gasteiger charge is 2.64. The molecule has 0 saturated heterocycles. The minimum absolute atomic E-state index is 0.0769. The Morgan fingerprint density at radius 2 is 1.76 bits per heavy atom. The van der Waals surface area contributed by atoms with E-state index >= 15 is 0 Å². The van der Waals surface area contributed by atoms with Gasteiger partial charge in [0.2, 0.25) is 5.78 Å². The van der Waals surface area contributed by atoms with E-state index in [1.165, 1.54) is 4.90 Å². The molecule has 182 valence electrons. The molecule has 4 unspecified atom stereocenters. The zero-order valence-corrected chi connectivity index (χ0v) is 19.8. The summed E-state index contributed by atoms with van der Waals surface area (Å²) in [7, 11) is 3.14. The van der Waals surface area contributed by atoms with Crippen molar-refractivity contribution in [2.75, 3.05) is 14.1 Å². The second-order valence-electron chi connectivity index (χ2n) is 10.7. The minimum Gasteiger partial charge on any atom is -0.508 e. The van der Waals surface area contributed by atoms with Gasteiger partial charge in [0.25, 0.3) is 5.91 Å². The van der Waals surface area contributed by atoms with Crippen molar-refractivity contribution in [3.05, 3.63) is 45.7 Å². The molecule has 1 fully saturated rings. The first-order valence-electron chi connectivity index (χ1n) is 11.1. The Balaban J connectivity index is 1.97. The number of carbonyl (C=O) groups is 3. The molecule has 1 saturated carbocycles. The average Bonchev–Trinajstić information content (AvgIpc) is 2.69. The molecular weight excluding hydrogens is 440 g/mol. The van der Waals surface area contributed by atoms with E-state index < -0.39 is 63.5 Å². The summed E-state index contributed by atoms with van der Waals surface area (Å²) in [4.78, 5) is 40.3. The summed E-state index contributed by atoms with van der Waals surface area (Å²) < 4.78 is 0. The lowest BCUT2D eigenvalue weighted by Gasteiger charge is -2.50. The molecule has 1 amide bonds. The number of fused-ring (bicyclic) bond motifs is 3. The number of aliphatic hydroxyl groups is 3. The van der Waals surface area contributed by atoms with Crippen LogP contribution in [-0.4, -0.2) is 68.5 Å². The van der Waals surface area contributed by atoms with Crippen molar-refractivity contribution < 1.29 is 34.8 Å². The number of ketones is 2. The molecule has 0 aromatic heterocycles. The van der Waals surface area contributed by atoms with Gasteiger partial charge >= 0.3 is 0 Å². The Kier molecular flexibility index (Phi) is 5.23. The molecule has 0 heterocycles. The van der Waals surface area contributed by atoms with Gasteiger partial charge < -0.3 is 26.2 Å². The molecule has 0 aliphatic heterocycles. The number of carbonyl (C=O) groups excluding carboxylic acids is 3. The van der Waals surface area contributed by atoms with Crippen molar-refractivity contribution in [1.82, 2.24) is 4.90 Å². The summed E-state index contributed by atoms with van der Waals surface area (Å²) >= 11 is 0. The Labute approximate surface area is 197 Å². The lowest BCUT2D eigenvalue weighted by Crippen LogP contribution is -2.65. The molecule has 9 heteroatoms. The number of benzene rings is 1. The van der Waals surface area contributed by atoms with Gasteiger partial charge in [0.1, 0.15) is 22.8 Å². The van der Waals surface area contributed by atoms with E-state index in [1.807, 2.05) is 20.8 Å². The lowest BCUT2D eigenvalue weighted by molar-refractivity contribution is -0.153. The standard InChI is InChI=1S/C25H30N2O7/c1-24(2,3)12-7-6-10-8-11-9-13-17(27(4)5)20(30)16(23(26)33)22(32)25(13,34)21(31)15(11)19(29)14(10)18(12)28/h6-7,11,13,17,28-29,32,34H,8-9H2,1-5H3,(H2,26,33). The van der Waals surface area contributed by atoms with Crippen LogP contribution >= 0.6 is 0 Å². The van der Waals surface area contributed by atoms with Crippen LogP contribution in [0.5, 0.6) is 5.75 Å².